The van der Waals surface area contributed by atoms with E-state index in [1.54, 1.807) is 18.2 Å². The number of carbonyl (C=O) groups excluding carboxylic acids is 1. The van der Waals surface area contributed by atoms with Crippen molar-refractivity contribution in [2.24, 2.45) is 0 Å². The van der Waals surface area contributed by atoms with E-state index in [1.807, 2.05) is 22.9 Å². The maximum absolute atomic E-state index is 11.6. The third kappa shape index (κ3) is 3.23. The van der Waals surface area contributed by atoms with E-state index in [9.17, 15) is 9.90 Å². The SMILES string of the molecule is CC(=O)c1ccc(C#N)cc1NCC(O)c1ccsc1. The quantitative estimate of drug-likeness (QED) is 0.829. The van der Waals surface area contributed by atoms with Crippen molar-refractivity contribution < 1.29 is 9.90 Å². The summed E-state index contributed by atoms with van der Waals surface area (Å²) in [6.45, 7) is 1.76. The van der Waals surface area contributed by atoms with E-state index in [2.05, 4.69) is 5.32 Å². The maximum Gasteiger partial charge on any atom is 0.161 e. The highest BCUT2D eigenvalue weighted by atomic mass is 32.1. The molecule has 1 heterocycles. The molecule has 0 aliphatic rings. The van der Waals surface area contributed by atoms with Gasteiger partial charge in [0, 0.05) is 17.8 Å². The van der Waals surface area contributed by atoms with E-state index in [0.717, 1.165) is 5.56 Å². The van der Waals surface area contributed by atoms with Crippen LogP contribution in [0.1, 0.15) is 34.5 Å². The van der Waals surface area contributed by atoms with Crippen molar-refractivity contribution in [2.75, 3.05) is 11.9 Å². The van der Waals surface area contributed by atoms with Crippen LogP contribution in [0.5, 0.6) is 0 Å². The van der Waals surface area contributed by atoms with Crippen molar-refractivity contribution in [3.8, 4) is 6.07 Å². The molecular formula is C15H14N2O2S. The molecule has 1 unspecified atom stereocenters. The minimum atomic E-state index is -0.646. The van der Waals surface area contributed by atoms with E-state index >= 15 is 0 Å². The third-order valence-corrected chi connectivity index (χ3v) is 3.64. The average Bonchev–Trinajstić information content (AvgIpc) is 2.98. The number of benzene rings is 1. The van der Waals surface area contributed by atoms with Crippen LogP contribution in [0.4, 0.5) is 5.69 Å². The zero-order chi connectivity index (χ0) is 14.5. The van der Waals surface area contributed by atoms with E-state index in [0.29, 0.717) is 16.8 Å². The molecule has 0 amide bonds. The molecule has 0 aliphatic carbocycles. The van der Waals surface area contributed by atoms with Crippen LogP contribution in [0.3, 0.4) is 0 Å². The Balaban J connectivity index is 2.16. The molecule has 2 N–H and O–H groups in total. The fraction of sp³-hybridized carbons (Fsp3) is 0.200. The number of hydrogen-bond donors (Lipinski definition) is 2. The molecular weight excluding hydrogens is 272 g/mol. The number of aliphatic hydroxyl groups excluding tert-OH is 1. The normalized spacial score (nSPS) is 11.7. The van der Waals surface area contributed by atoms with E-state index in [-0.39, 0.29) is 12.3 Å². The molecule has 0 aliphatic heterocycles. The van der Waals surface area contributed by atoms with Gasteiger partial charge in [0.1, 0.15) is 0 Å². The number of rotatable bonds is 5. The summed E-state index contributed by atoms with van der Waals surface area (Å²) in [4.78, 5) is 11.6. The molecule has 1 aromatic heterocycles. The largest absolute Gasteiger partial charge is 0.387 e. The van der Waals surface area contributed by atoms with Crippen LogP contribution >= 0.6 is 11.3 Å². The number of nitrogens with one attached hydrogen (secondary N) is 1. The maximum atomic E-state index is 11.6. The molecule has 5 heteroatoms. The summed E-state index contributed by atoms with van der Waals surface area (Å²) in [6, 6.07) is 8.75. The van der Waals surface area contributed by atoms with Crippen molar-refractivity contribution in [1.82, 2.24) is 0 Å². The number of hydrogen-bond acceptors (Lipinski definition) is 5. The molecule has 1 atom stereocenters. The van der Waals surface area contributed by atoms with E-state index in [1.165, 1.54) is 18.3 Å². The van der Waals surface area contributed by atoms with Crippen molar-refractivity contribution >= 4 is 22.8 Å². The summed E-state index contributed by atoms with van der Waals surface area (Å²) < 4.78 is 0. The Morgan fingerprint density at radius 1 is 1.50 bits per heavy atom. The van der Waals surface area contributed by atoms with Gasteiger partial charge in [-0.05, 0) is 47.5 Å². The highest BCUT2D eigenvalue weighted by Crippen LogP contribution is 2.21. The number of aliphatic hydroxyl groups is 1. The molecule has 0 saturated heterocycles. The smallest absolute Gasteiger partial charge is 0.161 e. The van der Waals surface area contributed by atoms with Crippen LogP contribution in [0, 0.1) is 11.3 Å². The lowest BCUT2D eigenvalue weighted by Crippen LogP contribution is -2.13. The molecule has 20 heavy (non-hydrogen) atoms. The lowest BCUT2D eigenvalue weighted by atomic mass is 10.1. The van der Waals surface area contributed by atoms with Crippen LogP contribution in [-0.2, 0) is 0 Å². The number of nitriles is 1. The van der Waals surface area contributed by atoms with Gasteiger partial charge in [0.2, 0.25) is 0 Å². The number of ketones is 1. The van der Waals surface area contributed by atoms with E-state index < -0.39 is 6.10 Å². The molecule has 0 fully saturated rings. The highest BCUT2D eigenvalue weighted by Gasteiger charge is 2.11. The van der Waals surface area contributed by atoms with Gasteiger partial charge in [0.05, 0.1) is 17.7 Å². The first-order valence-corrected chi connectivity index (χ1v) is 7.05. The van der Waals surface area contributed by atoms with Gasteiger partial charge in [-0.25, -0.2) is 0 Å². The minimum absolute atomic E-state index is 0.0815. The molecule has 0 bridgehead atoms. The lowest BCUT2D eigenvalue weighted by molar-refractivity contribution is 0.101. The summed E-state index contributed by atoms with van der Waals surface area (Å²) in [7, 11) is 0. The predicted molar refractivity (Wildman–Crippen MR) is 78.9 cm³/mol. The summed E-state index contributed by atoms with van der Waals surface area (Å²) in [5.74, 6) is -0.0815. The van der Waals surface area contributed by atoms with Crippen LogP contribution in [-0.4, -0.2) is 17.4 Å². The zero-order valence-corrected chi connectivity index (χ0v) is 11.8. The summed E-state index contributed by atoms with van der Waals surface area (Å²) in [5, 5.41) is 25.7. The summed E-state index contributed by atoms with van der Waals surface area (Å²) in [6.07, 6.45) is -0.646. The second-order valence-corrected chi connectivity index (χ2v) is 5.16. The molecule has 0 spiro atoms. The van der Waals surface area contributed by atoms with Crippen molar-refractivity contribution in [1.29, 1.82) is 5.26 Å². The first-order valence-electron chi connectivity index (χ1n) is 6.11. The van der Waals surface area contributed by atoms with Crippen molar-refractivity contribution in [3.63, 3.8) is 0 Å². The molecule has 4 nitrogen and oxygen atoms in total. The Bertz CT molecular complexity index is 644. The van der Waals surface area contributed by atoms with Gasteiger partial charge in [-0.15, -0.1) is 0 Å². The topological polar surface area (TPSA) is 73.1 Å². The Labute approximate surface area is 121 Å². The van der Waals surface area contributed by atoms with Gasteiger partial charge < -0.3 is 10.4 Å². The Morgan fingerprint density at radius 2 is 2.30 bits per heavy atom. The monoisotopic (exact) mass is 286 g/mol. The minimum Gasteiger partial charge on any atom is -0.387 e. The van der Waals surface area contributed by atoms with Crippen molar-refractivity contribution in [2.45, 2.75) is 13.0 Å². The first kappa shape index (κ1) is 14.3. The fourth-order valence-corrected chi connectivity index (χ4v) is 2.56. The van der Waals surface area contributed by atoms with Crippen LogP contribution in [0.2, 0.25) is 0 Å². The number of carbonyl (C=O) groups is 1. The van der Waals surface area contributed by atoms with Gasteiger partial charge in [0.25, 0.3) is 0 Å². The van der Waals surface area contributed by atoms with Gasteiger partial charge in [-0.3, -0.25) is 4.79 Å². The van der Waals surface area contributed by atoms with Gasteiger partial charge in [-0.2, -0.15) is 16.6 Å². The van der Waals surface area contributed by atoms with Crippen LogP contribution in [0.25, 0.3) is 0 Å². The number of thiophene rings is 1. The second kappa shape index (κ2) is 6.33. The van der Waals surface area contributed by atoms with Crippen LogP contribution < -0.4 is 5.32 Å². The van der Waals surface area contributed by atoms with E-state index in [4.69, 9.17) is 5.26 Å². The first-order chi connectivity index (χ1) is 9.61. The van der Waals surface area contributed by atoms with Crippen molar-refractivity contribution in [3.05, 3.63) is 51.7 Å². The van der Waals surface area contributed by atoms with Gasteiger partial charge >= 0.3 is 0 Å². The van der Waals surface area contributed by atoms with Gasteiger partial charge in [-0.1, -0.05) is 0 Å². The lowest BCUT2D eigenvalue weighted by Gasteiger charge is -2.14. The summed E-state index contributed by atoms with van der Waals surface area (Å²) >= 11 is 1.52. The number of Topliss-reactive ketones (excluding diaryl/α,β-unsaturated/α-hetero) is 1. The molecule has 102 valence electrons. The Morgan fingerprint density at radius 3 is 2.90 bits per heavy atom. The standard InChI is InChI=1S/C15H14N2O2S/c1-10(18)13-3-2-11(7-16)6-14(13)17-8-15(19)12-4-5-20-9-12/h2-6,9,15,17,19H,8H2,1H3. The predicted octanol–water partition coefficient (Wildman–Crippen LogP) is 2.97. The van der Waals surface area contributed by atoms with Crippen LogP contribution in [0.15, 0.2) is 35.0 Å². The number of nitrogens with zero attached hydrogens (tertiary/aromatic N) is 1. The number of anilines is 1. The average molecular weight is 286 g/mol. The third-order valence-electron chi connectivity index (χ3n) is 2.94. The summed E-state index contributed by atoms with van der Waals surface area (Å²) in [5.41, 5.74) is 2.40. The zero-order valence-electron chi connectivity index (χ0n) is 11.0. The second-order valence-electron chi connectivity index (χ2n) is 4.38. The fourth-order valence-electron chi connectivity index (χ4n) is 1.86. The molecule has 0 saturated carbocycles. The Hall–Kier alpha value is -2.16. The molecule has 2 rings (SSSR count). The molecule has 1 aromatic carbocycles. The molecule has 2 aromatic rings. The van der Waals surface area contributed by atoms with Gasteiger partial charge in [0.15, 0.2) is 5.78 Å². The highest BCUT2D eigenvalue weighted by molar-refractivity contribution is 7.07. The molecule has 0 radical (unpaired) electrons. The Kier molecular flexibility index (Phi) is 4.51.